The van der Waals surface area contributed by atoms with Crippen LogP contribution < -0.4 is 5.32 Å². The SMILES string of the molecule is CCOC(=O)C(CCc1ccccc1)NC(C)C(=O)N1Cc2ccccc2C[C@H]1C(=O)O.O=S(=O)(O)O. The van der Waals surface area contributed by atoms with Crippen LogP contribution in [0.5, 0.6) is 0 Å². The van der Waals surface area contributed by atoms with Gasteiger partial charge in [-0.25, -0.2) is 4.79 Å². The normalized spacial score (nSPS) is 16.4. The molecule has 3 rings (SSSR count). The third kappa shape index (κ3) is 9.92. The van der Waals surface area contributed by atoms with Crippen molar-refractivity contribution < 1.29 is 41.8 Å². The van der Waals surface area contributed by atoms with Gasteiger partial charge in [0.15, 0.2) is 0 Å². The zero-order valence-electron chi connectivity index (χ0n) is 20.6. The molecule has 3 atom stereocenters. The predicted molar refractivity (Wildman–Crippen MR) is 134 cm³/mol. The lowest BCUT2D eigenvalue weighted by atomic mass is 9.93. The standard InChI is InChI=1S/C25H30N2O5.H2O4S/c1-3-32-25(31)21(14-13-18-9-5-4-6-10-18)26-17(2)23(28)27-16-20-12-8-7-11-19(20)15-22(27)24(29)30;1-5(2,3)4/h4-12,17,21-22,26H,3,13-16H2,1-2H3,(H,29,30);(H2,1,2,3,4)/t17?,21?,22-;/m0./s1. The molecule has 0 bridgehead atoms. The molecule has 2 aromatic rings. The summed E-state index contributed by atoms with van der Waals surface area (Å²) in [6.07, 6.45) is 1.37. The highest BCUT2D eigenvalue weighted by Gasteiger charge is 2.37. The second-order valence-corrected chi connectivity index (χ2v) is 9.35. The molecule has 0 aliphatic carbocycles. The van der Waals surface area contributed by atoms with Crippen LogP contribution in [-0.4, -0.2) is 70.1 Å². The Labute approximate surface area is 216 Å². The van der Waals surface area contributed by atoms with E-state index in [1.165, 1.54) is 4.90 Å². The first-order valence-electron chi connectivity index (χ1n) is 11.7. The maximum atomic E-state index is 13.3. The average molecular weight is 537 g/mol. The molecule has 1 aliphatic rings. The highest BCUT2D eigenvalue weighted by Crippen LogP contribution is 2.24. The Hall–Kier alpha value is -3.32. The van der Waals surface area contributed by atoms with Gasteiger partial charge in [0, 0.05) is 13.0 Å². The fraction of sp³-hybridized carbons (Fsp3) is 0.400. The van der Waals surface area contributed by atoms with Crippen LogP contribution >= 0.6 is 0 Å². The molecule has 0 radical (unpaired) electrons. The van der Waals surface area contributed by atoms with Gasteiger partial charge in [-0.3, -0.25) is 24.0 Å². The monoisotopic (exact) mass is 536 g/mol. The van der Waals surface area contributed by atoms with Crippen molar-refractivity contribution in [1.82, 2.24) is 10.2 Å². The van der Waals surface area contributed by atoms with Crippen molar-refractivity contribution in [3.8, 4) is 0 Å². The van der Waals surface area contributed by atoms with E-state index >= 15 is 0 Å². The van der Waals surface area contributed by atoms with E-state index in [2.05, 4.69) is 5.32 Å². The number of esters is 1. The number of ether oxygens (including phenoxy) is 1. The molecule has 0 saturated heterocycles. The topological polar surface area (TPSA) is 171 Å². The average Bonchev–Trinajstić information content (AvgIpc) is 2.84. The molecule has 0 fully saturated rings. The number of amides is 1. The van der Waals surface area contributed by atoms with Gasteiger partial charge in [-0.15, -0.1) is 0 Å². The first-order chi connectivity index (χ1) is 17.4. The van der Waals surface area contributed by atoms with Gasteiger partial charge in [0.05, 0.1) is 12.6 Å². The largest absolute Gasteiger partial charge is 0.480 e. The predicted octanol–water partition coefficient (Wildman–Crippen LogP) is 1.91. The van der Waals surface area contributed by atoms with Crippen molar-refractivity contribution >= 4 is 28.2 Å². The van der Waals surface area contributed by atoms with Crippen molar-refractivity contribution in [2.45, 2.75) is 57.8 Å². The summed E-state index contributed by atoms with van der Waals surface area (Å²) in [6, 6.07) is 15.0. The highest BCUT2D eigenvalue weighted by molar-refractivity contribution is 7.79. The van der Waals surface area contributed by atoms with Crippen LogP contribution in [0.4, 0.5) is 0 Å². The molecular formula is C25H32N2O9S. The first-order valence-corrected chi connectivity index (χ1v) is 13.1. The van der Waals surface area contributed by atoms with Crippen LogP contribution in [-0.2, 0) is 48.9 Å². The summed E-state index contributed by atoms with van der Waals surface area (Å²) in [5.41, 5.74) is 2.97. The lowest BCUT2D eigenvalue weighted by molar-refractivity contribution is -0.153. The van der Waals surface area contributed by atoms with Crippen LogP contribution in [0, 0.1) is 0 Å². The minimum absolute atomic E-state index is 0.228. The number of benzene rings is 2. The maximum absolute atomic E-state index is 13.3. The molecule has 1 aliphatic heterocycles. The summed E-state index contributed by atoms with van der Waals surface area (Å²) in [4.78, 5) is 39.1. The van der Waals surface area contributed by atoms with Crippen molar-refractivity contribution in [3.05, 3.63) is 71.3 Å². The zero-order valence-corrected chi connectivity index (χ0v) is 21.4. The highest BCUT2D eigenvalue weighted by atomic mass is 32.3. The number of carboxylic acid groups (broad SMARTS) is 1. The molecule has 0 spiro atoms. The summed E-state index contributed by atoms with van der Waals surface area (Å²) in [7, 11) is -4.67. The Morgan fingerprint density at radius 2 is 1.62 bits per heavy atom. The molecule has 12 heteroatoms. The number of rotatable bonds is 9. The summed E-state index contributed by atoms with van der Waals surface area (Å²) in [5, 5.41) is 12.8. The molecule has 2 unspecified atom stereocenters. The third-order valence-corrected chi connectivity index (χ3v) is 5.77. The van der Waals surface area contributed by atoms with Crippen LogP contribution in [0.15, 0.2) is 54.6 Å². The molecule has 1 amide bonds. The van der Waals surface area contributed by atoms with Crippen LogP contribution in [0.2, 0.25) is 0 Å². The van der Waals surface area contributed by atoms with Gasteiger partial charge in [-0.2, -0.15) is 8.42 Å². The second kappa shape index (κ2) is 13.8. The van der Waals surface area contributed by atoms with E-state index in [0.29, 0.717) is 12.8 Å². The van der Waals surface area contributed by atoms with E-state index in [0.717, 1.165) is 16.7 Å². The molecule has 37 heavy (non-hydrogen) atoms. The summed E-state index contributed by atoms with van der Waals surface area (Å²) < 4.78 is 36.8. The van der Waals surface area contributed by atoms with Crippen molar-refractivity contribution in [3.63, 3.8) is 0 Å². The Morgan fingerprint density at radius 3 is 2.19 bits per heavy atom. The number of nitrogens with zero attached hydrogens (tertiary/aromatic N) is 1. The molecule has 1 heterocycles. The van der Waals surface area contributed by atoms with Gasteiger partial charge in [0.25, 0.3) is 0 Å². The van der Waals surface area contributed by atoms with E-state index < -0.39 is 40.5 Å². The Kier molecular flexibility index (Phi) is 11.2. The first kappa shape index (κ1) is 29.9. The number of carboxylic acids is 1. The van der Waals surface area contributed by atoms with E-state index in [9.17, 15) is 19.5 Å². The van der Waals surface area contributed by atoms with E-state index in [-0.39, 0.29) is 25.5 Å². The molecular weight excluding hydrogens is 504 g/mol. The number of aryl methyl sites for hydroxylation is 1. The number of aliphatic carboxylic acids is 1. The maximum Gasteiger partial charge on any atom is 0.394 e. The number of carbonyl (C=O) groups is 3. The molecule has 4 N–H and O–H groups in total. The fourth-order valence-corrected chi connectivity index (χ4v) is 4.06. The molecule has 0 saturated carbocycles. The van der Waals surface area contributed by atoms with E-state index in [4.69, 9.17) is 22.3 Å². The Bertz CT molecular complexity index is 1160. The van der Waals surface area contributed by atoms with Gasteiger partial charge in [-0.1, -0.05) is 54.6 Å². The number of carbonyl (C=O) groups excluding carboxylic acids is 2. The number of nitrogens with one attached hydrogen (secondary N) is 1. The molecule has 202 valence electrons. The Balaban J connectivity index is 0.000000877. The zero-order chi connectivity index (χ0) is 27.6. The van der Waals surface area contributed by atoms with Crippen molar-refractivity contribution in [2.75, 3.05) is 6.61 Å². The molecule has 2 aromatic carbocycles. The summed E-state index contributed by atoms with van der Waals surface area (Å²) in [6.45, 7) is 3.88. The number of fused-ring (bicyclic) bond motifs is 1. The van der Waals surface area contributed by atoms with Crippen LogP contribution in [0.25, 0.3) is 0 Å². The van der Waals surface area contributed by atoms with Crippen molar-refractivity contribution in [2.24, 2.45) is 0 Å². The fourth-order valence-electron chi connectivity index (χ4n) is 4.06. The lowest BCUT2D eigenvalue weighted by Crippen LogP contribution is -2.56. The molecule has 0 aromatic heterocycles. The van der Waals surface area contributed by atoms with Crippen LogP contribution in [0.1, 0.15) is 37.0 Å². The minimum atomic E-state index is -4.67. The smallest absolute Gasteiger partial charge is 0.394 e. The quantitative estimate of drug-likeness (QED) is 0.274. The van der Waals surface area contributed by atoms with Gasteiger partial charge >= 0.3 is 22.3 Å². The van der Waals surface area contributed by atoms with Crippen LogP contribution in [0.3, 0.4) is 0 Å². The van der Waals surface area contributed by atoms with E-state index in [1.807, 2.05) is 54.6 Å². The summed E-state index contributed by atoms with van der Waals surface area (Å²) >= 11 is 0. The minimum Gasteiger partial charge on any atom is -0.480 e. The third-order valence-electron chi connectivity index (χ3n) is 5.77. The number of hydrogen-bond acceptors (Lipinski definition) is 7. The van der Waals surface area contributed by atoms with Gasteiger partial charge in [0.2, 0.25) is 5.91 Å². The van der Waals surface area contributed by atoms with E-state index in [1.54, 1.807) is 13.8 Å². The number of hydrogen-bond donors (Lipinski definition) is 4. The van der Waals surface area contributed by atoms with Gasteiger partial charge in [0.1, 0.15) is 12.1 Å². The van der Waals surface area contributed by atoms with Gasteiger partial charge in [-0.05, 0) is 43.4 Å². The lowest BCUT2D eigenvalue weighted by Gasteiger charge is -2.36. The van der Waals surface area contributed by atoms with Crippen molar-refractivity contribution in [1.29, 1.82) is 0 Å². The Morgan fingerprint density at radius 1 is 1.05 bits per heavy atom. The second-order valence-electron chi connectivity index (χ2n) is 8.46. The summed E-state index contributed by atoms with van der Waals surface area (Å²) in [5.74, 6) is -1.80. The van der Waals surface area contributed by atoms with Gasteiger partial charge < -0.3 is 14.7 Å². The molecule has 11 nitrogen and oxygen atoms in total.